The number of amides is 1. The molecule has 0 unspecified atom stereocenters. The summed E-state index contributed by atoms with van der Waals surface area (Å²) in [6.45, 7) is 0. The quantitative estimate of drug-likeness (QED) is 0.883. The van der Waals surface area contributed by atoms with Crippen molar-refractivity contribution in [3.05, 3.63) is 58.1 Å². The molecule has 0 saturated carbocycles. The van der Waals surface area contributed by atoms with Crippen molar-refractivity contribution in [2.45, 2.75) is 0 Å². The second-order valence-electron chi connectivity index (χ2n) is 3.74. The standard InChI is InChI=1S/C13H8BrF2NO2/c14-7-1-4-12(18)9(5-7)13(19)17-11-3-2-8(15)6-10(11)16/h1-6,18H,(H,17,19). The third kappa shape index (κ3) is 3.08. The van der Waals surface area contributed by atoms with E-state index in [1.165, 1.54) is 12.1 Å². The Kier molecular flexibility index (Phi) is 3.80. The Balaban J connectivity index is 2.28. The van der Waals surface area contributed by atoms with Gasteiger partial charge in [0.2, 0.25) is 0 Å². The van der Waals surface area contributed by atoms with Crippen molar-refractivity contribution < 1.29 is 18.7 Å². The van der Waals surface area contributed by atoms with Crippen molar-refractivity contribution in [3.8, 4) is 5.75 Å². The minimum atomic E-state index is -0.886. The summed E-state index contributed by atoms with van der Waals surface area (Å²) in [6.07, 6.45) is 0. The normalized spacial score (nSPS) is 10.3. The summed E-state index contributed by atoms with van der Waals surface area (Å²) in [4.78, 5) is 11.9. The lowest BCUT2D eigenvalue weighted by molar-refractivity contribution is 0.102. The van der Waals surface area contributed by atoms with Crippen molar-refractivity contribution in [3.63, 3.8) is 0 Å². The first-order chi connectivity index (χ1) is 8.97. The van der Waals surface area contributed by atoms with Crippen molar-refractivity contribution in [2.75, 3.05) is 5.32 Å². The first-order valence-electron chi connectivity index (χ1n) is 5.22. The Bertz CT molecular complexity index is 647. The van der Waals surface area contributed by atoms with Crippen LogP contribution in [0.1, 0.15) is 10.4 Å². The van der Waals surface area contributed by atoms with Crippen LogP contribution in [-0.2, 0) is 0 Å². The van der Waals surface area contributed by atoms with E-state index in [1.807, 2.05) is 0 Å². The fourth-order valence-electron chi connectivity index (χ4n) is 1.47. The molecule has 0 heterocycles. The fourth-order valence-corrected chi connectivity index (χ4v) is 1.83. The summed E-state index contributed by atoms with van der Waals surface area (Å²) >= 11 is 3.16. The lowest BCUT2D eigenvalue weighted by Crippen LogP contribution is -2.13. The molecular weight excluding hydrogens is 320 g/mol. The molecule has 0 bridgehead atoms. The zero-order valence-electron chi connectivity index (χ0n) is 9.45. The van der Waals surface area contributed by atoms with Gasteiger partial charge in [-0.3, -0.25) is 4.79 Å². The highest BCUT2D eigenvalue weighted by molar-refractivity contribution is 9.10. The van der Waals surface area contributed by atoms with Gasteiger partial charge in [-0.2, -0.15) is 0 Å². The van der Waals surface area contributed by atoms with Crippen LogP contribution >= 0.6 is 15.9 Å². The van der Waals surface area contributed by atoms with Gasteiger partial charge < -0.3 is 10.4 Å². The average molecular weight is 328 g/mol. The zero-order chi connectivity index (χ0) is 14.0. The summed E-state index contributed by atoms with van der Waals surface area (Å²) in [5.41, 5.74) is -0.177. The highest BCUT2D eigenvalue weighted by Crippen LogP contribution is 2.23. The van der Waals surface area contributed by atoms with E-state index in [2.05, 4.69) is 21.2 Å². The molecule has 2 N–H and O–H groups in total. The first kappa shape index (κ1) is 13.5. The number of halogens is 3. The van der Waals surface area contributed by atoms with Crippen molar-refractivity contribution in [2.24, 2.45) is 0 Å². The maximum atomic E-state index is 13.4. The van der Waals surface area contributed by atoms with Crippen molar-refractivity contribution in [1.82, 2.24) is 0 Å². The minimum Gasteiger partial charge on any atom is -0.507 e. The molecule has 98 valence electrons. The van der Waals surface area contributed by atoms with Crippen LogP contribution in [0.4, 0.5) is 14.5 Å². The lowest BCUT2D eigenvalue weighted by atomic mass is 10.2. The number of rotatable bonds is 2. The molecule has 0 aliphatic carbocycles. The molecule has 0 aliphatic heterocycles. The molecule has 0 saturated heterocycles. The van der Waals surface area contributed by atoms with Crippen LogP contribution in [0.3, 0.4) is 0 Å². The van der Waals surface area contributed by atoms with Gasteiger partial charge in [0, 0.05) is 10.5 Å². The molecule has 1 amide bonds. The van der Waals surface area contributed by atoms with Crippen LogP contribution in [0.15, 0.2) is 40.9 Å². The fraction of sp³-hybridized carbons (Fsp3) is 0. The van der Waals surface area contributed by atoms with E-state index in [1.54, 1.807) is 6.07 Å². The molecule has 0 fully saturated rings. The smallest absolute Gasteiger partial charge is 0.259 e. The number of benzene rings is 2. The van der Waals surface area contributed by atoms with Crippen LogP contribution in [0.5, 0.6) is 5.75 Å². The summed E-state index contributed by atoms with van der Waals surface area (Å²) in [5.74, 6) is -2.55. The molecule has 0 aromatic heterocycles. The van der Waals surface area contributed by atoms with E-state index in [9.17, 15) is 18.7 Å². The maximum absolute atomic E-state index is 13.4. The molecule has 2 aromatic carbocycles. The highest BCUT2D eigenvalue weighted by atomic mass is 79.9. The highest BCUT2D eigenvalue weighted by Gasteiger charge is 2.14. The topological polar surface area (TPSA) is 49.3 Å². The molecule has 2 aromatic rings. The summed E-state index contributed by atoms with van der Waals surface area (Å²) < 4.78 is 26.7. The third-order valence-electron chi connectivity index (χ3n) is 2.38. The van der Waals surface area contributed by atoms with E-state index in [-0.39, 0.29) is 17.0 Å². The Morgan fingerprint density at radius 1 is 1.16 bits per heavy atom. The van der Waals surface area contributed by atoms with Crippen LogP contribution in [-0.4, -0.2) is 11.0 Å². The van der Waals surface area contributed by atoms with Gasteiger partial charge in [0.05, 0.1) is 11.3 Å². The van der Waals surface area contributed by atoms with E-state index in [0.717, 1.165) is 12.1 Å². The van der Waals surface area contributed by atoms with Gasteiger partial charge in [0.15, 0.2) is 0 Å². The van der Waals surface area contributed by atoms with E-state index < -0.39 is 17.5 Å². The van der Waals surface area contributed by atoms with Crippen molar-refractivity contribution >= 4 is 27.5 Å². The molecule has 0 atom stereocenters. The van der Waals surface area contributed by atoms with Crippen LogP contribution in [0.2, 0.25) is 0 Å². The summed E-state index contributed by atoms with van der Waals surface area (Å²) in [7, 11) is 0. The molecular formula is C13H8BrF2NO2. The number of nitrogens with one attached hydrogen (secondary N) is 1. The number of anilines is 1. The van der Waals surface area contributed by atoms with Crippen molar-refractivity contribution in [1.29, 1.82) is 0 Å². The molecule has 0 aliphatic rings. The second-order valence-corrected chi connectivity index (χ2v) is 4.66. The van der Waals surface area contributed by atoms with Gasteiger partial charge in [0.1, 0.15) is 17.4 Å². The minimum absolute atomic E-state index is 0.0156. The van der Waals surface area contributed by atoms with Crippen LogP contribution < -0.4 is 5.32 Å². The monoisotopic (exact) mass is 327 g/mol. The van der Waals surface area contributed by atoms with Crippen LogP contribution in [0.25, 0.3) is 0 Å². The number of hydrogen-bond donors (Lipinski definition) is 2. The number of carbonyl (C=O) groups excluding carboxylic acids is 1. The van der Waals surface area contributed by atoms with E-state index in [4.69, 9.17) is 0 Å². The largest absolute Gasteiger partial charge is 0.507 e. The van der Waals surface area contributed by atoms with E-state index in [0.29, 0.717) is 10.5 Å². The second kappa shape index (κ2) is 5.36. The third-order valence-corrected chi connectivity index (χ3v) is 2.88. The summed E-state index contributed by atoms with van der Waals surface area (Å²) in [6, 6.07) is 7.09. The van der Waals surface area contributed by atoms with Gasteiger partial charge in [-0.25, -0.2) is 8.78 Å². The van der Waals surface area contributed by atoms with Gasteiger partial charge in [0.25, 0.3) is 5.91 Å². The number of phenolic OH excluding ortho intramolecular Hbond substituents is 1. The van der Waals surface area contributed by atoms with Gasteiger partial charge in [-0.1, -0.05) is 15.9 Å². The number of aromatic hydroxyl groups is 1. The lowest BCUT2D eigenvalue weighted by Gasteiger charge is -2.08. The average Bonchev–Trinajstić information content (AvgIpc) is 2.35. The van der Waals surface area contributed by atoms with Gasteiger partial charge in [-0.15, -0.1) is 0 Å². The molecule has 6 heteroatoms. The molecule has 0 radical (unpaired) electrons. The Morgan fingerprint density at radius 3 is 2.58 bits per heavy atom. The van der Waals surface area contributed by atoms with Crippen LogP contribution in [0, 0.1) is 11.6 Å². The molecule has 2 rings (SSSR count). The molecule has 3 nitrogen and oxygen atoms in total. The Hall–Kier alpha value is -1.95. The molecule has 19 heavy (non-hydrogen) atoms. The SMILES string of the molecule is O=C(Nc1ccc(F)cc1F)c1cc(Br)ccc1O. The van der Waals surface area contributed by atoms with Gasteiger partial charge >= 0.3 is 0 Å². The Labute approximate surface area is 116 Å². The zero-order valence-corrected chi connectivity index (χ0v) is 11.0. The maximum Gasteiger partial charge on any atom is 0.259 e. The number of phenols is 1. The summed E-state index contributed by atoms with van der Waals surface area (Å²) in [5, 5.41) is 11.8. The predicted octanol–water partition coefficient (Wildman–Crippen LogP) is 3.69. The Morgan fingerprint density at radius 2 is 1.89 bits per heavy atom. The van der Waals surface area contributed by atoms with Gasteiger partial charge in [-0.05, 0) is 30.3 Å². The molecule has 0 spiro atoms. The first-order valence-corrected chi connectivity index (χ1v) is 6.01. The number of carbonyl (C=O) groups is 1. The number of hydrogen-bond acceptors (Lipinski definition) is 2. The van der Waals surface area contributed by atoms with E-state index >= 15 is 0 Å². The predicted molar refractivity (Wildman–Crippen MR) is 70.1 cm³/mol.